The van der Waals surface area contributed by atoms with E-state index in [1.54, 1.807) is 12.4 Å². The Balaban J connectivity index is 2.10. The van der Waals surface area contributed by atoms with Crippen LogP contribution in [0.15, 0.2) is 54.9 Å². The Bertz CT molecular complexity index is 662. The van der Waals surface area contributed by atoms with Crippen LogP contribution in [0.4, 0.5) is 0 Å². The van der Waals surface area contributed by atoms with Gasteiger partial charge in [-0.05, 0) is 24.3 Å². The molecule has 0 atom stereocenters. The number of nitrogens with one attached hydrogen (secondary N) is 1. The molecule has 2 heterocycles. The summed E-state index contributed by atoms with van der Waals surface area (Å²) in [6, 6.07) is 13.6. The minimum absolute atomic E-state index is 0.652. The number of nitrogens with zero attached hydrogens (tertiary/aromatic N) is 2. The summed E-state index contributed by atoms with van der Waals surface area (Å²) in [4.78, 5) is 4.31. The highest BCUT2D eigenvalue weighted by Gasteiger charge is 2.06. The largest absolute Gasteiger partial charge is 0.278 e. The average molecular weight is 256 g/mol. The third kappa shape index (κ3) is 2.00. The Morgan fingerprint density at radius 3 is 2.61 bits per heavy atom. The molecule has 0 spiro atoms. The minimum Gasteiger partial charge on any atom is -0.278 e. The van der Waals surface area contributed by atoms with Gasteiger partial charge in [-0.25, -0.2) is 0 Å². The molecule has 0 saturated heterocycles. The molecule has 4 heteroatoms. The van der Waals surface area contributed by atoms with Gasteiger partial charge < -0.3 is 0 Å². The van der Waals surface area contributed by atoms with Crippen molar-refractivity contribution in [3.63, 3.8) is 0 Å². The van der Waals surface area contributed by atoms with Crippen LogP contribution in [0.3, 0.4) is 0 Å². The molecule has 1 N–H and O–H groups in total. The Morgan fingerprint density at radius 1 is 0.944 bits per heavy atom. The average Bonchev–Trinajstić information content (AvgIpc) is 2.93. The molecule has 0 saturated carbocycles. The summed E-state index contributed by atoms with van der Waals surface area (Å²) in [6.07, 6.45) is 3.47. The van der Waals surface area contributed by atoms with Crippen molar-refractivity contribution in [2.24, 2.45) is 0 Å². The second kappa shape index (κ2) is 4.63. The molecule has 0 amide bonds. The van der Waals surface area contributed by atoms with E-state index in [4.69, 9.17) is 11.6 Å². The highest BCUT2D eigenvalue weighted by atomic mass is 35.5. The molecule has 2 aromatic heterocycles. The fraction of sp³-hybridized carbons (Fsp3) is 0. The third-order valence-electron chi connectivity index (χ3n) is 2.71. The van der Waals surface area contributed by atoms with E-state index >= 15 is 0 Å². The summed E-state index contributed by atoms with van der Waals surface area (Å²) in [5.74, 6) is 0. The van der Waals surface area contributed by atoms with Gasteiger partial charge in [-0.2, -0.15) is 5.10 Å². The van der Waals surface area contributed by atoms with Gasteiger partial charge >= 0.3 is 0 Å². The van der Waals surface area contributed by atoms with Crippen LogP contribution in [0, 0.1) is 0 Å². The zero-order valence-electron chi connectivity index (χ0n) is 9.47. The maximum Gasteiger partial charge on any atom is 0.0888 e. The van der Waals surface area contributed by atoms with Crippen LogP contribution in [-0.4, -0.2) is 15.2 Å². The van der Waals surface area contributed by atoms with Crippen molar-refractivity contribution in [3.8, 4) is 22.5 Å². The number of halogens is 1. The van der Waals surface area contributed by atoms with Gasteiger partial charge in [0.25, 0.3) is 0 Å². The van der Waals surface area contributed by atoms with E-state index < -0.39 is 0 Å². The molecule has 18 heavy (non-hydrogen) atoms. The summed E-state index contributed by atoms with van der Waals surface area (Å²) in [7, 11) is 0. The summed E-state index contributed by atoms with van der Waals surface area (Å²) in [6.45, 7) is 0. The SMILES string of the molecule is Clc1cccnc1-c1cccc(-c2ccn[nH]2)c1. The first kappa shape index (κ1) is 11.0. The molecule has 0 unspecified atom stereocenters. The Kier molecular flexibility index (Phi) is 2.82. The van der Waals surface area contributed by atoms with Crippen molar-refractivity contribution in [2.45, 2.75) is 0 Å². The Morgan fingerprint density at radius 2 is 1.83 bits per heavy atom. The molecule has 0 aliphatic rings. The van der Waals surface area contributed by atoms with Crippen molar-refractivity contribution in [2.75, 3.05) is 0 Å². The van der Waals surface area contributed by atoms with Crippen molar-refractivity contribution >= 4 is 11.6 Å². The molecule has 3 nitrogen and oxygen atoms in total. The summed E-state index contributed by atoms with van der Waals surface area (Å²) >= 11 is 6.15. The summed E-state index contributed by atoms with van der Waals surface area (Å²) in [5.41, 5.74) is 3.82. The number of H-pyrrole nitrogens is 1. The fourth-order valence-corrected chi connectivity index (χ4v) is 2.08. The number of hydrogen-bond acceptors (Lipinski definition) is 2. The van der Waals surface area contributed by atoms with Crippen molar-refractivity contribution < 1.29 is 0 Å². The van der Waals surface area contributed by atoms with Gasteiger partial charge in [0.1, 0.15) is 0 Å². The lowest BCUT2D eigenvalue weighted by atomic mass is 10.1. The van der Waals surface area contributed by atoms with E-state index in [-0.39, 0.29) is 0 Å². The predicted octanol–water partition coefficient (Wildman–Crippen LogP) is 3.79. The number of aromatic amines is 1. The first-order valence-corrected chi connectivity index (χ1v) is 5.93. The van der Waals surface area contributed by atoms with E-state index in [1.165, 1.54) is 0 Å². The molecule has 1 aromatic carbocycles. The van der Waals surface area contributed by atoms with E-state index in [2.05, 4.69) is 15.2 Å². The normalized spacial score (nSPS) is 10.5. The zero-order chi connectivity index (χ0) is 12.4. The topological polar surface area (TPSA) is 41.6 Å². The number of pyridine rings is 1. The van der Waals surface area contributed by atoms with E-state index in [0.29, 0.717) is 5.02 Å². The van der Waals surface area contributed by atoms with Gasteiger partial charge in [-0.1, -0.05) is 29.8 Å². The van der Waals surface area contributed by atoms with Crippen molar-refractivity contribution in [3.05, 3.63) is 59.9 Å². The fourth-order valence-electron chi connectivity index (χ4n) is 1.85. The highest BCUT2D eigenvalue weighted by Crippen LogP contribution is 2.28. The second-order valence-corrected chi connectivity index (χ2v) is 4.29. The van der Waals surface area contributed by atoms with Gasteiger partial charge in [-0.15, -0.1) is 0 Å². The maximum atomic E-state index is 6.15. The van der Waals surface area contributed by atoms with Gasteiger partial charge in [0.05, 0.1) is 16.4 Å². The van der Waals surface area contributed by atoms with E-state index in [9.17, 15) is 0 Å². The standard InChI is InChI=1S/C14H10ClN3/c15-12-5-2-7-16-14(12)11-4-1-3-10(9-11)13-6-8-17-18-13/h1-9H,(H,17,18). The predicted molar refractivity (Wildman–Crippen MR) is 72.3 cm³/mol. The first-order valence-electron chi connectivity index (χ1n) is 5.55. The molecule has 88 valence electrons. The summed E-state index contributed by atoms with van der Waals surface area (Å²) < 4.78 is 0. The third-order valence-corrected chi connectivity index (χ3v) is 3.01. The highest BCUT2D eigenvalue weighted by molar-refractivity contribution is 6.33. The smallest absolute Gasteiger partial charge is 0.0888 e. The minimum atomic E-state index is 0.652. The quantitative estimate of drug-likeness (QED) is 0.757. The lowest BCUT2D eigenvalue weighted by molar-refractivity contribution is 1.10. The number of aromatic nitrogens is 3. The van der Waals surface area contributed by atoms with Crippen LogP contribution in [0.1, 0.15) is 0 Å². The molecular weight excluding hydrogens is 246 g/mol. The van der Waals surface area contributed by atoms with Gasteiger partial charge in [0.15, 0.2) is 0 Å². The van der Waals surface area contributed by atoms with Gasteiger partial charge in [-0.3, -0.25) is 10.1 Å². The van der Waals surface area contributed by atoms with E-state index in [0.717, 1.165) is 22.5 Å². The van der Waals surface area contributed by atoms with Gasteiger partial charge in [0, 0.05) is 23.5 Å². The molecule has 0 aliphatic carbocycles. The number of rotatable bonds is 2. The number of hydrogen-bond donors (Lipinski definition) is 1. The van der Waals surface area contributed by atoms with Crippen LogP contribution in [0.25, 0.3) is 22.5 Å². The van der Waals surface area contributed by atoms with Crippen LogP contribution in [0.2, 0.25) is 5.02 Å². The monoisotopic (exact) mass is 255 g/mol. The second-order valence-electron chi connectivity index (χ2n) is 3.88. The lowest BCUT2D eigenvalue weighted by Gasteiger charge is -2.05. The number of benzene rings is 1. The van der Waals surface area contributed by atoms with Gasteiger partial charge in [0.2, 0.25) is 0 Å². The molecule has 0 bridgehead atoms. The first-order chi connectivity index (χ1) is 8.84. The van der Waals surface area contributed by atoms with Crippen LogP contribution < -0.4 is 0 Å². The molecule has 0 radical (unpaired) electrons. The van der Waals surface area contributed by atoms with Crippen molar-refractivity contribution in [1.29, 1.82) is 0 Å². The van der Waals surface area contributed by atoms with Crippen LogP contribution >= 0.6 is 11.6 Å². The molecular formula is C14H10ClN3. The van der Waals surface area contributed by atoms with Crippen molar-refractivity contribution in [1.82, 2.24) is 15.2 Å². The van der Waals surface area contributed by atoms with Crippen LogP contribution in [0.5, 0.6) is 0 Å². The summed E-state index contributed by atoms with van der Waals surface area (Å²) in [5, 5.41) is 7.55. The molecule has 0 fully saturated rings. The Hall–Kier alpha value is -2.13. The molecule has 3 aromatic rings. The van der Waals surface area contributed by atoms with E-state index in [1.807, 2.05) is 42.5 Å². The molecule has 0 aliphatic heterocycles. The zero-order valence-corrected chi connectivity index (χ0v) is 10.2. The maximum absolute atomic E-state index is 6.15. The molecule has 3 rings (SSSR count). The Labute approximate surface area is 109 Å². The van der Waals surface area contributed by atoms with Crippen LogP contribution in [-0.2, 0) is 0 Å². The lowest BCUT2D eigenvalue weighted by Crippen LogP contribution is -1.85.